The average molecular weight is 546 g/mol. The highest BCUT2D eigenvalue weighted by molar-refractivity contribution is 5.88. The van der Waals surface area contributed by atoms with Crippen LogP contribution in [0.3, 0.4) is 0 Å². The second kappa shape index (κ2) is 13.1. The first-order valence-electron chi connectivity index (χ1n) is 13.4. The first kappa shape index (κ1) is 28.5. The molecule has 0 saturated carbocycles. The van der Waals surface area contributed by atoms with Crippen molar-refractivity contribution in [1.82, 2.24) is 4.90 Å². The molecule has 2 aliphatic rings. The summed E-state index contributed by atoms with van der Waals surface area (Å²) < 4.78 is 15.9. The lowest BCUT2D eigenvalue weighted by molar-refractivity contribution is -0.126. The Morgan fingerprint density at radius 2 is 1.75 bits per heavy atom. The van der Waals surface area contributed by atoms with E-state index < -0.39 is 0 Å². The molecule has 0 bridgehead atoms. The number of allylic oxidation sites excluding steroid dienone is 4. The predicted molar refractivity (Wildman–Crippen MR) is 155 cm³/mol. The number of fused-ring (bicyclic) bond motifs is 2. The Balaban J connectivity index is 0.000000186. The number of nitrogens with zero attached hydrogens (tertiary/aromatic N) is 1. The van der Waals surface area contributed by atoms with Gasteiger partial charge in [0.2, 0.25) is 12.7 Å². The molecule has 0 spiro atoms. The number of piperidine rings is 1. The summed E-state index contributed by atoms with van der Waals surface area (Å²) in [5.74, 6) is 1.81. The zero-order valence-electron chi connectivity index (χ0n) is 23.1. The Morgan fingerprint density at radius 3 is 2.50 bits per heavy atom. The maximum atomic E-state index is 11.9. The molecular formula is C32H35NO7. The van der Waals surface area contributed by atoms with Crippen LogP contribution in [0.15, 0.2) is 69.4 Å². The van der Waals surface area contributed by atoms with Gasteiger partial charge >= 0.3 is 0 Å². The largest absolute Gasteiger partial charge is 0.507 e. The molecule has 40 heavy (non-hydrogen) atoms. The number of carbonyl (C=O) groups excluding carboxylic acids is 1. The number of hydrogen-bond acceptors (Lipinski definition) is 7. The predicted octanol–water partition coefficient (Wildman–Crippen LogP) is 6.02. The zero-order valence-corrected chi connectivity index (χ0v) is 23.1. The highest BCUT2D eigenvalue weighted by Crippen LogP contribution is 2.35. The van der Waals surface area contributed by atoms with E-state index in [1.54, 1.807) is 19.1 Å². The van der Waals surface area contributed by atoms with Crippen molar-refractivity contribution in [3.05, 3.63) is 87.3 Å². The van der Waals surface area contributed by atoms with Crippen molar-refractivity contribution in [2.75, 3.05) is 19.9 Å². The monoisotopic (exact) mass is 545 g/mol. The van der Waals surface area contributed by atoms with E-state index in [2.05, 4.69) is 0 Å². The summed E-state index contributed by atoms with van der Waals surface area (Å²) in [5.41, 5.74) is 2.31. The molecule has 0 aliphatic carbocycles. The highest BCUT2D eigenvalue weighted by Gasteiger charge is 2.16. The van der Waals surface area contributed by atoms with Crippen molar-refractivity contribution >= 4 is 23.0 Å². The fourth-order valence-corrected chi connectivity index (χ4v) is 4.50. The number of aryl methyl sites for hydroxylation is 1. The molecule has 0 atom stereocenters. The van der Waals surface area contributed by atoms with E-state index in [1.165, 1.54) is 18.6 Å². The van der Waals surface area contributed by atoms with Gasteiger partial charge in [-0.1, -0.05) is 35.9 Å². The Labute approximate surface area is 233 Å². The molecule has 1 amide bonds. The van der Waals surface area contributed by atoms with Crippen LogP contribution in [0.25, 0.3) is 17.0 Å². The number of carbonyl (C=O) groups is 1. The third-order valence-corrected chi connectivity index (χ3v) is 6.62. The molecule has 5 rings (SSSR count). The summed E-state index contributed by atoms with van der Waals surface area (Å²) in [5, 5.41) is 20.2. The van der Waals surface area contributed by atoms with Gasteiger partial charge in [-0.2, -0.15) is 0 Å². The van der Waals surface area contributed by atoms with E-state index in [0.717, 1.165) is 48.6 Å². The van der Waals surface area contributed by atoms with E-state index in [9.17, 15) is 19.8 Å². The molecule has 8 heteroatoms. The van der Waals surface area contributed by atoms with E-state index in [0.29, 0.717) is 17.7 Å². The smallest absolute Gasteiger partial charge is 0.246 e. The first-order valence-corrected chi connectivity index (χ1v) is 13.4. The minimum atomic E-state index is -0.310. The third kappa shape index (κ3) is 7.14. The van der Waals surface area contributed by atoms with Crippen LogP contribution >= 0.6 is 0 Å². The van der Waals surface area contributed by atoms with Gasteiger partial charge in [-0.05, 0) is 64.2 Å². The van der Waals surface area contributed by atoms with Gasteiger partial charge in [0, 0.05) is 36.9 Å². The Bertz CT molecular complexity index is 1520. The number of likely N-dealkylation sites (tertiary alicyclic amines) is 1. The average Bonchev–Trinajstić information content (AvgIpc) is 3.39. The van der Waals surface area contributed by atoms with Crippen molar-refractivity contribution in [3.63, 3.8) is 0 Å². The fourth-order valence-electron chi connectivity index (χ4n) is 4.50. The van der Waals surface area contributed by atoms with E-state index >= 15 is 0 Å². The van der Waals surface area contributed by atoms with Gasteiger partial charge in [0.15, 0.2) is 16.9 Å². The van der Waals surface area contributed by atoms with Gasteiger partial charge in [-0.25, -0.2) is 0 Å². The van der Waals surface area contributed by atoms with E-state index in [4.69, 9.17) is 13.9 Å². The van der Waals surface area contributed by atoms with Gasteiger partial charge in [-0.3, -0.25) is 9.59 Å². The van der Waals surface area contributed by atoms with Crippen molar-refractivity contribution in [2.24, 2.45) is 0 Å². The van der Waals surface area contributed by atoms with Crippen LogP contribution < -0.4 is 14.9 Å². The molecule has 1 saturated heterocycles. The molecule has 2 aliphatic heterocycles. The van der Waals surface area contributed by atoms with E-state index in [1.807, 2.05) is 55.2 Å². The zero-order chi connectivity index (χ0) is 28.6. The molecule has 3 heterocycles. The van der Waals surface area contributed by atoms with Gasteiger partial charge in [0.1, 0.15) is 28.2 Å². The molecule has 8 nitrogen and oxygen atoms in total. The Kier molecular flexibility index (Phi) is 9.32. The third-order valence-electron chi connectivity index (χ3n) is 6.62. The van der Waals surface area contributed by atoms with Gasteiger partial charge in [0.05, 0.1) is 0 Å². The second-order valence-corrected chi connectivity index (χ2v) is 10.0. The standard InChI is InChI=1S/C17H19NO3.C15H16O4/c19-17(18-10-4-1-5-11-18)7-3-2-6-14-8-9-15-16(12-14)21-13-20-15;1-8(2)4-5-10-11(16)7-13-14(15(10)18)12(17)6-9(3)19-13/h2-3,6-9,12H,1,4-5,10-11,13H2;4,6-7,16,18H,5H2,1-3H3. The number of ether oxygens (including phenoxy) is 2. The second-order valence-electron chi connectivity index (χ2n) is 10.0. The normalized spacial score (nSPS) is 14.4. The van der Waals surface area contributed by atoms with Crippen LogP contribution in [0.4, 0.5) is 0 Å². The quantitative estimate of drug-likeness (QED) is 0.229. The number of phenolic OH excluding ortho intramolecular Hbond substituents is 2. The minimum Gasteiger partial charge on any atom is -0.507 e. The molecule has 2 aromatic carbocycles. The SMILES string of the molecule is CC(C)=CCc1c(O)cc2oc(C)cc(=O)c2c1O.O=C(C=CC=Cc1ccc2c(c1)OCO2)N1CCCCC1. The van der Waals surface area contributed by atoms with Crippen molar-refractivity contribution in [2.45, 2.75) is 46.5 Å². The van der Waals surface area contributed by atoms with Crippen LogP contribution in [-0.2, 0) is 11.2 Å². The van der Waals surface area contributed by atoms with Crippen LogP contribution in [0.2, 0.25) is 0 Å². The van der Waals surface area contributed by atoms with Crippen molar-refractivity contribution in [3.8, 4) is 23.0 Å². The maximum absolute atomic E-state index is 11.9. The fraction of sp³-hybridized carbons (Fsp3) is 0.312. The van der Waals surface area contributed by atoms with Gasteiger partial charge in [-0.15, -0.1) is 0 Å². The molecule has 3 aromatic rings. The highest BCUT2D eigenvalue weighted by atomic mass is 16.7. The van der Waals surface area contributed by atoms with Crippen LogP contribution in [0.1, 0.15) is 50.0 Å². The number of hydrogen-bond donors (Lipinski definition) is 2. The van der Waals surface area contributed by atoms with Crippen molar-refractivity contribution < 1.29 is 28.9 Å². The van der Waals surface area contributed by atoms with Crippen LogP contribution in [0.5, 0.6) is 23.0 Å². The molecule has 0 radical (unpaired) electrons. The maximum Gasteiger partial charge on any atom is 0.246 e. The Morgan fingerprint density at radius 1 is 1.00 bits per heavy atom. The number of rotatable bonds is 5. The number of phenols is 2. The summed E-state index contributed by atoms with van der Waals surface area (Å²) in [6.07, 6.45) is 13.0. The molecule has 210 valence electrons. The van der Waals surface area contributed by atoms with E-state index in [-0.39, 0.29) is 40.6 Å². The lowest BCUT2D eigenvalue weighted by atomic mass is 10.0. The molecule has 1 aromatic heterocycles. The molecule has 0 unspecified atom stereocenters. The summed E-state index contributed by atoms with van der Waals surface area (Å²) in [4.78, 5) is 25.7. The lowest BCUT2D eigenvalue weighted by Crippen LogP contribution is -2.34. The van der Waals surface area contributed by atoms with Crippen molar-refractivity contribution in [1.29, 1.82) is 0 Å². The Hall–Kier alpha value is -4.46. The number of amides is 1. The summed E-state index contributed by atoms with van der Waals surface area (Å²) in [7, 11) is 0. The summed E-state index contributed by atoms with van der Waals surface area (Å²) >= 11 is 0. The lowest BCUT2D eigenvalue weighted by Gasteiger charge is -2.25. The van der Waals surface area contributed by atoms with Crippen LogP contribution in [-0.4, -0.2) is 40.9 Å². The summed E-state index contributed by atoms with van der Waals surface area (Å²) in [6.45, 7) is 7.54. The molecule has 1 fully saturated rings. The molecule has 2 N–H and O–H groups in total. The number of aromatic hydroxyl groups is 2. The van der Waals surface area contributed by atoms with Gasteiger partial charge in [0.25, 0.3) is 0 Å². The summed E-state index contributed by atoms with van der Waals surface area (Å²) in [6, 6.07) is 8.48. The molecular weight excluding hydrogens is 510 g/mol. The van der Waals surface area contributed by atoms with Gasteiger partial charge < -0.3 is 29.0 Å². The minimum absolute atomic E-state index is 0.0729. The number of benzene rings is 2. The first-order chi connectivity index (χ1) is 19.2. The topological polar surface area (TPSA) is 109 Å². The van der Waals surface area contributed by atoms with Crippen LogP contribution in [0, 0.1) is 6.92 Å².